The molecular weight excluding hydrogens is 390 g/mol. The van der Waals surface area contributed by atoms with Gasteiger partial charge < -0.3 is 25.5 Å². The van der Waals surface area contributed by atoms with Crippen LogP contribution in [0.5, 0.6) is 11.5 Å². The van der Waals surface area contributed by atoms with Crippen molar-refractivity contribution in [2.75, 3.05) is 13.2 Å². The lowest BCUT2D eigenvalue weighted by molar-refractivity contribution is 0.0756. The molecule has 0 radical (unpaired) electrons. The van der Waals surface area contributed by atoms with Crippen molar-refractivity contribution in [3.8, 4) is 22.6 Å². The number of hydrogen-bond acceptors (Lipinski definition) is 4. The van der Waals surface area contributed by atoms with Crippen LogP contribution in [0.2, 0.25) is 0 Å². The molecule has 1 amide bonds. The van der Waals surface area contributed by atoms with Gasteiger partial charge in [-0.25, -0.2) is 0 Å². The Labute approximate surface area is 176 Å². The van der Waals surface area contributed by atoms with E-state index in [4.69, 9.17) is 15.2 Å². The molecule has 2 aliphatic carbocycles. The SMILES string of the molecule is Cl.NC1CC2CCCC(C1)C2NC(=O)c1c[nH]cc1-c1ccc2c(c1)OCCO2. The summed E-state index contributed by atoms with van der Waals surface area (Å²) in [7, 11) is 0. The molecule has 0 saturated heterocycles. The summed E-state index contributed by atoms with van der Waals surface area (Å²) in [4.78, 5) is 16.3. The van der Waals surface area contributed by atoms with Gasteiger partial charge in [0.2, 0.25) is 0 Å². The van der Waals surface area contributed by atoms with E-state index in [1.165, 1.54) is 6.42 Å². The zero-order valence-electron chi connectivity index (χ0n) is 16.4. The number of fused-ring (bicyclic) bond motifs is 3. The van der Waals surface area contributed by atoms with Crippen LogP contribution in [-0.4, -0.2) is 36.2 Å². The third kappa shape index (κ3) is 3.83. The molecule has 2 fully saturated rings. The summed E-state index contributed by atoms with van der Waals surface area (Å²) in [5.41, 5.74) is 8.73. The van der Waals surface area contributed by atoms with Gasteiger partial charge in [0.05, 0.1) is 5.56 Å². The second kappa shape index (κ2) is 8.28. The van der Waals surface area contributed by atoms with Crippen LogP contribution in [-0.2, 0) is 0 Å². The molecular formula is C22H28ClN3O3. The van der Waals surface area contributed by atoms with Gasteiger partial charge in [-0.2, -0.15) is 0 Å². The highest BCUT2D eigenvalue weighted by Gasteiger charge is 2.40. The fraction of sp³-hybridized carbons (Fsp3) is 0.500. The lowest BCUT2D eigenvalue weighted by Gasteiger charge is -2.45. The van der Waals surface area contributed by atoms with Crippen molar-refractivity contribution in [1.82, 2.24) is 10.3 Å². The zero-order chi connectivity index (χ0) is 19.1. The van der Waals surface area contributed by atoms with Crippen molar-refractivity contribution in [3.05, 3.63) is 36.2 Å². The number of aromatic amines is 1. The maximum atomic E-state index is 13.2. The van der Waals surface area contributed by atoms with E-state index < -0.39 is 0 Å². The molecule has 2 saturated carbocycles. The third-order valence-corrected chi connectivity index (χ3v) is 6.52. The van der Waals surface area contributed by atoms with Crippen LogP contribution in [0.25, 0.3) is 11.1 Å². The molecule has 2 unspecified atom stereocenters. The number of carbonyl (C=O) groups excluding carboxylic acids is 1. The van der Waals surface area contributed by atoms with Gasteiger partial charge in [-0.05, 0) is 55.2 Å². The summed E-state index contributed by atoms with van der Waals surface area (Å²) in [6.45, 7) is 1.11. The number of benzene rings is 1. The highest BCUT2D eigenvalue weighted by atomic mass is 35.5. The van der Waals surface area contributed by atoms with Gasteiger partial charge in [-0.15, -0.1) is 12.4 Å². The number of halogens is 1. The van der Waals surface area contributed by atoms with Crippen molar-refractivity contribution in [1.29, 1.82) is 0 Å². The molecule has 2 bridgehead atoms. The summed E-state index contributed by atoms with van der Waals surface area (Å²) in [6.07, 6.45) is 9.27. The minimum absolute atomic E-state index is 0. The Hall–Kier alpha value is -2.18. The minimum atomic E-state index is -0.0106. The van der Waals surface area contributed by atoms with Crippen molar-refractivity contribution < 1.29 is 14.3 Å². The number of hydrogen-bond donors (Lipinski definition) is 3. The van der Waals surface area contributed by atoms with Crippen LogP contribution in [0.15, 0.2) is 30.6 Å². The van der Waals surface area contributed by atoms with Crippen LogP contribution in [0.3, 0.4) is 0 Å². The molecule has 29 heavy (non-hydrogen) atoms. The second-order valence-electron chi connectivity index (χ2n) is 8.32. The van der Waals surface area contributed by atoms with Crippen molar-refractivity contribution in [2.24, 2.45) is 17.6 Å². The quantitative estimate of drug-likeness (QED) is 0.712. The standard InChI is InChI=1S/C22H27N3O3.ClH/c23-16-8-14-2-1-3-15(9-16)21(14)25-22(26)18-12-24-11-17(18)13-4-5-19-20(10-13)28-7-6-27-19;/h4-5,10-12,14-16,21,24H,1-3,6-9,23H2,(H,25,26);1H. The fourth-order valence-corrected chi connectivity index (χ4v) is 5.26. The molecule has 5 rings (SSSR count). The Morgan fingerprint density at radius 1 is 1.07 bits per heavy atom. The van der Waals surface area contributed by atoms with Crippen LogP contribution in [0, 0.1) is 11.8 Å². The smallest absolute Gasteiger partial charge is 0.253 e. The molecule has 2 atom stereocenters. The normalized spacial score (nSPS) is 27.6. The van der Waals surface area contributed by atoms with E-state index in [1.807, 2.05) is 24.4 Å². The van der Waals surface area contributed by atoms with E-state index in [0.717, 1.165) is 48.3 Å². The summed E-state index contributed by atoms with van der Waals surface area (Å²) in [6, 6.07) is 6.35. The molecule has 0 spiro atoms. The maximum Gasteiger partial charge on any atom is 0.253 e. The number of nitrogens with two attached hydrogens (primary N) is 1. The molecule has 1 aromatic carbocycles. The molecule has 156 valence electrons. The molecule has 2 aromatic rings. The second-order valence-corrected chi connectivity index (χ2v) is 8.32. The number of nitrogens with one attached hydrogen (secondary N) is 2. The molecule has 1 aromatic heterocycles. The monoisotopic (exact) mass is 417 g/mol. The predicted molar refractivity (Wildman–Crippen MR) is 114 cm³/mol. The first-order chi connectivity index (χ1) is 13.7. The first kappa shape index (κ1) is 20.1. The zero-order valence-corrected chi connectivity index (χ0v) is 17.2. The summed E-state index contributed by atoms with van der Waals surface area (Å²) in [5, 5.41) is 3.35. The minimum Gasteiger partial charge on any atom is -0.486 e. The lowest BCUT2D eigenvalue weighted by atomic mass is 9.67. The van der Waals surface area contributed by atoms with Crippen LogP contribution in [0.4, 0.5) is 0 Å². The van der Waals surface area contributed by atoms with Gasteiger partial charge in [0.1, 0.15) is 13.2 Å². The highest BCUT2D eigenvalue weighted by molar-refractivity contribution is 6.01. The van der Waals surface area contributed by atoms with Gasteiger partial charge in [-0.3, -0.25) is 4.79 Å². The molecule has 2 heterocycles. The van der Waals surface area contributed by atoms with E-state index in [0.29, 0.717) is 30.6 Å². The topological polar surface area (TPSA) is 89.4 Å². The van der Waals surface area contributed by atoms with E-state index in [2.05, 4.69) is 10.3 Å². The Morgan fingerprint density at radius 3 is 2.55 bits per heavy atom. The first-order valence-corrected chi connectivity index (χ1v) is 10.3. The summed E-state index contributed by atoms with van der Waals surface area (Å²) in [5.74, 6) is 2.48. The number of H-pyrrole nitrogens is 1. The maximum absolute atomic E-state index is 13.2. The molecule has 4 N–H and O–H groups in total. The highest BCUT2D eigenvalue weighted by Crippen LogP contribution is 2.40. The van der Waals surface area contributed by atoms with Crippen molar-refractivity contribution in [3.63, 3.8) is 0 Å². The molecule has 7 heteroatoms. The van der Waals surface area contributed by atoms with Crippen LogP contribution < -0.4 is 20.5 Å². The van der Waals surface area contributed by atoms with E-state index in [-0.39, 0.29) is 30.4 Å². The Kier molecular flexibility index (Phi) is 5.74. The van der Waals surface area contributed by atoms with Crippen LogP contribution in [0.1, 0.15) is 42.5 Å². The van der Waals surface area contributed by atoms with E-state index in [1.54, 1.807) is 6.20 Å². The molecule has 6 nitrogen and oxygen atoms in total. The Balaban J connectivity index is 0.00000205. The number of rotatable bonds is 3. The first-order valence-electron chi connectivity index (χ1n) is 10.3. The fourth-order valence-electron chi connectivity index (χ4n) is 5.26. The van der Waals surface area contributed by atoms with Gasteiger partial charge >= 0.3 is 0 Å². The summed E-state index contributed by atoms with van der Waals surface area (Å²) < 4.78 is 11.3. The Morgan fingerprint density at radius 2 is 1.79 bits per heavy atom. The largest absolute Gasteiger partial charge is 0.486 e. The number of amides is 1. The van der Waals surface area contributed by atoms with E-state index in [9.17, 15) is 4.79 Å². The van der Waals surface area contributed by atoms with Gasteiger partial charge in [0.25, 0.3) is 5.91 Å². The van der Waals surface area contributed by atoms with Gasteiger partial charge in [0, 0.05) is 30.0 Å². The number of carbonyl (C=O) groups is 1. The number of aromatic nitrogens is 1. The van der Waals surface area contributed by atoms with Gasteiger partial charge in [0.15, 0.2) is 11.5 Å². The third-order valence-electron chi connectivity index (χ3n) is 6.52. The van der Waals surface area contributed by atoms with Crippen molar-refractivity contribution >= 4 is 18.3 Å². The number of ether oxygens (including phenoxy) is 2. The molecule has 3 aliphatic rings. The summed E-state index contributed by atoms with van der Waals surface area (Å²) >= 11 is 0. The van der Waals surface area contributed by atoms with Crippen molar-refractivity contribution in [2.45, 2.75) is 44.2 Å². The van der Waals surface area contributed by atoms with E-state index >= 15 is 0 Å². The van der Waals surface area contributed by atoms with Gasteiger partial charge in [-0.1, -0.05) is 12.5 Å². The average molecular weight is 418 g/mol. The lowest BCUT2D eigenvalue weighted by Crippen LogP contribution is -2.53. The predicted octanol–water partition coefficient (Wildman–Crippen LogP) is 3.51. The molecule has 1 aliphatic heterocycles. The van der Waals surface area contributed by atoms with Crippen LogP contribution >= 0.6 is 12.4 Å². The Bertz CT molecular complexity index is 870. The average Bonchev–Trinajstić information content (AvgIpc) is 3.18.